The highest BCUT2D eigenvalue weighted by Gasteiger charge is 2.48. The quantitative estimate of drug-likeness (QED) is 0.795. The van der Waals surface area contributed by atoms with Gasteiger partial charge in [-0.25, -0.2) is 0 Å². The zero-order valence-electron chi connectivity index (χ0n) is 12.8. The van der Waals surface area contributed by atoms with Crippen molar-refractivity contribution in [1.82, 2.24) is 15.8 Å². The highest BCUT2D eigenvalue weighted by molar-refractivity contribution is 6.29. The minimum Gasteiger partial charge on any atom is -0.371 e. The number of aromatic nitrogens is 1. The number of aryl methyl sites for hydroxylation is 1. The lowest BCUT2D eigenvalue weighted by molar-refractivity contribution is -0.122. The van der Waals surface area contributed by atoms with Crippen molar-refractivity contribution >= 4 is 23.4 Å². The third-order valence-corrected chi connectivity index (χ3v) is 4.36. The van der Waals surface area contributed by atoms with Crippen molar-refractivity contribution < 1.29 is 23.6 Å². The monoisotopic (exact) mass is 343 g/mol. The highest BCUT2D eigenvalue weighted by Crippen LogP contribution is 2.27. The number of ether oxygens (including phenoxy) is 2. The molecule has 2 aliphatic rings. The van der Waals surface area contributed by atoms with Gasteiger partial charge < -0.3 is 24.6 Å². The first-order valence-electron chi connectivity index (χ1n) is 7.36. The molecule has 2 aliphatic heterocycles. The van der Waals surface area contributed by atoms with Crippen LogP contribution < -0.4 is 10.6 Å². The molecular formula is C14H18ClN3O5. The predicted octanol–water partition coefficient (Wildman–Crippen LogP) is -0.0340. The Hall–Kier alpha value is -1.64. The molecule has 1 aromatic heterocycles. The molecule has 0 saturated carbocycles. The standard InChI is InChI=1S/C14H18ClN3O5/c1-6-8(14(15)23-18-6)3-11(20)17-10-5-22-12-9(16-7(2)19)4-21-13(10)12/h9-10,12-13H,3-5H2,1-2H3,(H,16,19)(H,17,20)/t9-,10-,12+,13+/m0/s1. The van der Waals surface area contributed by atoms with Crippen molar-refractivity contribution in [1.29, 1.82) is 0 Å². The summed E-state index contributed by atoms with van der Waals surface area (Å²) in [6.07, 6.45) is -0.433. The molecule has 0 bridgehead atoms. The van der Waals surface area contributed by atoms with E-state index in [4.69, 9.17) is 25.6 Å². The van der Waals surface area contributed by atoms with E-state index < -0.39 is 0 Å². The second-order valence-corrected chi connectivity index (χ2v) is 6.12. The van der Waals surface area contributed by atoms with Gasteiger partial charge in [-0.3, -0.25) is 9.59 Å². The van der Waals surface area contributed by atoms with E-state index in [1.807, 2.05) is 0 Å². The predicted molar refractivity (Wildman–Crippen MR) is 79.0 cm³/mol. The number of carbonyl (C=O) groups is 2. The summed E-state index contributed by atoms with van der Waals surface area (Å²) >= 11 is 5.86. The summed E-state index contributed by atoms with van der Waals surface area (Å²) in [7, 11) is 0. The van der Waals surface area contributed by atoms with Crippen molar-refractivity contribution in [2.24, 2.45) is 0 Å². The Bertz CT molecular complexity index is 600. The lowest BCUT2D eigenvalue weighted by Crippen LogP contribution is -2.46. The lowest BCUT2D eigenvalue weighted by atomic mass is 10.1. The van der Waals surface area contributed by atoms with E-state index in [-0.39, 0.29) is 47.7 Å². The average Bonchev–Trinajstić information content (AvgIpc) is 3.13. The summed E-state index contributed by atoms with van der Waals surface area (Å²) < 4.78 is 16.2. The number of carbonyl (C=O) groups excluding carboxylic acids is 2. The molecule has 2 saturated heterocycles. The summed E-state index contributed by atoms with van der Waals surface area (Å²) in [5.41, 5.74) is 1.16. The first-order valence-corrected chi connectivity index (χ1v) is 7.74. The van der Waals surface area contributed by atoms with Crippen LogP contribution in [0.25, 0.3) is 0 Å². The molecule has 0 radical (unpaired) electrons. The number of nitrogens with one attached hydrogen (secondary N) is 2. The molecule has 9 heteroatoms. The maximum Gasteiger partial charge on any atom is 0.229 e. The maximum absolute atomic E-state index is 12.2. The molecule has 2 fully saturated rings. The molecular weight excluding hydrogens is 326 g/mol. The summed E-state index contributed by atoms with van der Waals surface area (Å²) in [5.74, 6) is -0.341. The van der Waals surface area contributed by atoms with Gasteiger partial charge in [-0.15, -0.1) is 0 Å². The summed E-state index contributed by atoms with van der Waals surface area (Å²) in [5, 5.41) is 9.53. The van der Waals surface area contributed by atoms with E-state index in [1.54, 1.807) is 6.92 Å². The van der Waals surface area contributed by atoms with Crippen molar-refractivity contribution in [2.45, 2.75) is 44.6 Å². The molecule has 2 amide bonds. The zero-order valence-corrected chi connectivity index (χ0v) is 13.6. The van der Waals surface area contributed by atoms with Crippen LogP contribution in [0, 0.1) is 6.92 Å². The molecule has 23 heavy (non-hydrogen) atoms. The van der Waals surface area contributed by atoms with Gasteiger partial charge in [-0.2, -0.15) is 0 Å². The molecule has 2 N–H and O–H groups in total. The normalized spacial score (nSPS) is 29.3. The molecule has 3 rings (SSSR count). The van der Waals surface area contributed by atoms with Crippen LogP contribution in [0.15, 0.2) is 4.52 Å². The molecule has 0 spiro atoms. The number of rotatable bonds is 4. The van der Waals surface area contributed by atoms with Crippen molar-refractivity contribution in [3.63, 3.8) is 0 Å². The fourth-order valence-corrected chi connectivity index (χ4v) is 3.22. The molecule has 0 aliphatic carbocycles. The van der Waals surface area contributed by atoms with Gasteiger partial charge in [0.05, 0.1) is 37.4 Å². The molecule has 8 nitrogen and oxygen atoms in total. The van der Waals surface area contributed by atoms with Crippen LogP contribution >= 0.6 is 11.6 Å². The van der Waals surface area contributed by atoms with Gasteiger partial charge in [-0.1, -0.05) is 5.16 Å². The van der Waals surface area contributed by atoms with Crippen LogP contribution in [-0.2, 0) is 25.5 Å². The smallest absolute Gasteiger partial charge is 0.229 e. The maximum atomic E-state index is 12.2. The van der Waals surface area contributed by atoms with Crippen LogP contribution in [0.1, 0.15) is 18.2 Å². The average molecular weight is 344 g/mol. The number of hydrogen-bond donors (Lipinski definition) is 2. The van der Waals surface area contributed by atoms with E-state index in [2.05, 4.69) is 15.8 Å². The largest absolute Gasteiger partial charge is 0.371 e. The van der Waals surface area contributed by atoms with Crippen molar-refractivity contribution in [3.05, 3.63) is 16.5 Å². The SMILES string of the molecule is CC(=O)N[C@H]1CO[C@H]2[C@@H]1OC[C@@H]2NC(=O)Cc1c(C)noc1Cl. The van der Waals surface area contributed by atoms with Gasteiger partial charge in [0, 0.05) is 12.5 Å². The Morgan fingerprint density at radius 1 is 1.22 bits per heavy atom. The molecule has 126 valence electrons. The Labute approximate surface area is 137 Å². The van der Waals surface area contributed by atoms with Crippen LogP contribution in [0.2, 0.25) is 5.22 Å². The number of amides is 2. The van der Waals surface area contributed by atoms with Gasteiger partial charge >= 0.3 is 0 Å². The summed E-state index contributed by atoms with van der Waals surface area (Å²) in [4.78, 5) is 23.4. The lowest BCUT2D eigenvalue weighted by Gasteiger charge is -2.18. The van der Waals surface area contributed by atoms with Gasteiger partial charge in [0.1, 0.15) is 12.2 Å². The Kier molecular flexibility index (Phi) is 4.56. The number of hydrogen-bond acceptors (Lipinski definition) is 6. The first kappa shape index (κ1) is 16.2. The van der Waals surface area contributed by atoms with Crippen LogP contribution in [0.5, 0.6) is 0 Å². The van der Waals surface area contributed by atoms with Crippen molar-refractivity contribution in [3.8, 4) is 0 Å². The molecule has 3 heterocycles. The number of fused-ring (bicyclic) bond motifs is 1. The molecule has 1 aromatic rings. The molecule has 0 aromatic carbocycles. The summed E-state index contributed by atoms with van der Waals surface area (Å²) in [6.45, 7) is 3.89. The van der Waals surface area contributed by atoms with Gasteiger partial charge in [0.25, 0.3) is 0 Å². The van der Waals surface area contributed by atoms with E-state index >= 15 is 0 Å². The van der Waals surface area contributed by atoms with Crippen molar-refractivity contribution in [2.75, 3.05) is 13.2 Å². The summed E-state index contributed by atoms with van der Waals surface area (Å²) in [6, 6.07) is -0.445. The third-order valence-electron chi connectivity index (χ3n) is 4.06. The topological polar surface area (TPSA) is 103 Å². The minimum atomic E-state index is -0.269. The Morgan fingerprint density at radius 2 is 1.83 bits per heavy atom. The second kappa shape index (κ2) is 6.46. The zero-order chi connectivity index (χ0) is 16.6. The van der Waals surface area contributed by atoms with Crippen LogP contribution in [0.3, 0.4) is 0 Å². The Morgan fingerprint density at radius 3 is 2.35 bits per heavy atom. The molecule has 0 unspecified atom stereocenters. The van der Waals surface area contributed by atoms with E-state index in [0.29, 0.717) is 24.5 Å². The van der Waals surface area contributed by atoms with E-state index in [1.165, 1.54) is 6.92 Å². The van der Waals surface area contributed by atoms with E-state index in [0.717, 1.165) is 0 Å². The highest BCUT2D eigenvalue weighted by atomic mass is 35.5. The minimum absolute atomic E-state index is 0.0805. The third kappa shape index (κ3) is 3.34. The van der Waals surface area contributed by atoms with Crippen LogP contribution in [0.4, 0.5) is 0 Å². The number of nitrogens with zero attached hydrogens (tertiary/aromatic N) is 1. The Balaban J connectivity index is 1.57. The fourth-order valence-electron chi connectivity index (χ4n) is 2.98. The van der Waals surface area contributed by atoms with Gasteiger partial charge in [0.2, 0.25) is 17.0 Å². The number of halogens is 1. The van der Waals surface area contributed by atoms with Gasteiger partial charge in [0.15, 0.2) is 0 Å². The van der Waals surface area contributed by atoms with E-state index in [9.17, 15) is 9.59 Å². The second-order valence-electron chi connectivity index (χ2n) is 5.77. The molecule has 4 atom stereocenters. The first-order chi connectivity index (χ1) is 11.0. The van der Waals surface area contributed by atoms with Gasteiger partial charge in [-0.05, 0) is 18.5 Å². The fraction of sp³-hybridized carbons (Fsp3) is 0.643. The van der Waals surface area contributed by atoms with Crippen LogP contribution in [-0.4, -0.2) is 54.5 Å².